The number of piperidine rings is 3. The fraction of sp³-hybridized carbons (Fsp3) is 0.714. The fourth-order valence-electron chi connectivity index (χ4n) is 18.2. The van der Waals surface area contributed by atoms with Crippen molar-refractivity contribution < 1.29 is 81.3 Å². The first-order valence-corrected chi connectivity index (χ1v) is 49.7. The largest absolute Gasteiger partial charge is 0.444 e. The molecule has 3 aromatic carbocycles. The van der Waals surface area contributed by atoms with Crippen LogP contribution in [0.2, 0.25) is 0 Å². The maximum atomic E-state index is 13.4. The Hall–Kier alpha value is -7.28. The van der Waals surface area contributed by atoms with Crippen molar-refractivity contribution in [3.63, 3.8) is 0 Å². The lowest BCUT2D eigenvalue weighted by molar-refractivity contribution is -0.0460. The Morgan fingerprint density at radius 2 is 0.717 bits per heavy atom. The highest BCUT2D eigenvalue weighted by Gasteiger charge is 2.57. The van der Waals surface area contributed by atoms with Gasteiger partial charge in [0.25, 0.3) is 10.2 Å². The molecule has 13 rings (SSSR count). The molecule has 0 aromatic heterocycles. The van der Waals surface area contributed by atoms with Gasteiger partial charge in [-0.05, 0) is 240 Å². The Balaban J connectivity index is 0.000000237. The molecule has 36 heteroatoms. The van der Waals surface area contributed by atoms with Gasteiger partial charge in [-0.15, -0.1) is 0 Å². The normalized spacial score (nSPS) is 23.7. The zero-order valence-electron chi connectivity index (χ0n) is 76.1. The molecule has 7 heterocycles. The van der Waals surface area contributed by atoms with E-state index in [1.165, 1.54) is 61.5 Å². The van der Waals surface area contributed by atoms with Gasteiger partial charge >= 0.3 is 61.1 Å². The maximum absolute atomic E-state index is 13.4. The summed E-state index contributed by atoms with van der Waals surface area (Å²) in [7, 11) is -15.4. The summed E-state index contributed by atoms with van der Waals surface area (Å²) in [6.45, 7) is 47.2. The lowest BCUT2D eigenvalue weighted by Crippen LogP contribution is -2.73. The molecule has 10 fully saturated rings. The van der Waals surface area contributed by atoms with Crippen LogP contribution in [0.1, 0.15) is 265 Å². The van der Waals surface area contributed by atoms with Gasteiger partial charge in [-0.3, -0.25) is 14.7 Å². The number of nitrogens with two attached hydrogens (primary N) is 1. The van der Waals surface area contributed by atoms with Crippen LogP contribution in [0.25, 0.3) is 4.85 Å². The molecule has 127 heavy (non-hydrogen) atoms. The van der Waals surface area contributed by atoms with Crippen molar-refractivity contribution in [2.24, 2.45) is 17.0 Å². The van der Waals surface area contributed by atoms with Crippen molar-refractivity contribution >= 4 is 71.3 Å². The molecule has 6 atom stereocenters. The van der Waals surface area contributed by atoms with Crippen LogP contribution in [-0.4, -0.2) is 266 Å². The first kappa shape index (κ1) is 107. The highest BCUT2D eigenvalue weighted by Crippen LogP contribution is 2.53. The smallest absolute Gasteiger partial charge is 0.422 e. The molecule has 3 aromatic rings. The molecule has 716 valence electrons. The van der Waals surface area contributed by atoms with Crippen LogP contribution in [0, 0.1) is 18.4 Å². The van der Waals surface area contributed by atoms with Gasteiger partial charge in [0.05, 0.1) is 6.57 Å². The first-order chi connectivity index (χ1) is 57.6. The Kier molecular flexibility index (Phi) is 35.4. The molecular formula is C91H150N14O18S4. The second kappa shape index (κ2) is 42.1. The number of nitrogens with one attached hydrogen (secondary N) is 3. The van der Waals surface area contributed by atoms with E-state index < -0.39 is 87.1 Å². The number of carbonyl (C=O) groups excluding carboxylic acids is 5. The van der Waals surface area contributed by atoms with Gasteiger partial charge in [0, 0.05) is 131 Å². The summed E-state index contributed by atoms with van der Waals surface area (Å²) in [6.07, 6.45) is 10.6. The van der Waals surface area contributed by atoms with Gasteiger partial charge < -0.3 is 33.5 Å². The van der Waals surface area contributed by atoms with Crippen LogP contribution in [0.3, 0.4) is 0 Å². The molecule has 3 aliphatic carbocycles. The zero-order valence-corrected chi connectivity index (χ0v) is 79.3. The summed E-state index contributed by atoms with van der Waals surface area (Å²) < 4.78 is 135. The highest BCUT2D eigenvalue weighted by atomic mass is 32.2. The van der Waals surface area contributed by atoms with E-state index in [0.717, 1.165) is 119 Å². The molecule has 7 saturated heterocycles. The average Bonchev–Trinajstić information content (AvgIpc) is 1.18. The second-order valence-corrected chi connectivity index (χ2v) is 46.7. The Bertz CT molecular complexity index is 4710. The summed E-state index contributed by atoms with van der Waals surface area (Å²) in [4.78, 5) is 76.3. The number of hydrogen-bond acceptors (Lipinski definition) is 21. The van der Waals surface area contributed by atoms with Crippen molar-refractivity contribution in [3.05, 3.63) is 131 Å². The van der Waals surface area contributed by atoms with E-state index in [4.69, 9.17) is 35.4 Å². The van der Waals surface area contributed by atoms with Gasteiger partial charge in [-0.1, -0.05) is 134 Å². The minimum absolute atomic E-state index is 0. The van der Waals surface area contributed by atoms with E-state index in [1.54, 1.807) is 62.3 Å². The summed E-state index contributed by atoms with van der Waals surface area (Å²) >= 11 is 0. The number of likely N-dealkylation sites (tertiary alicyclic amines) is 3. The van der Waals surface area contributed by atoms with E-state index in [2.05, 4.69) is 112 Å². The molecule has 0 spiro atoms. The average molecular weight is 1860 g/mol. The van der Waals surface area contributed by atoms with E-state index >= 15 is 0 Å². The molecule has 3 unspecified atom stereocenters. The lowest BCUT2D eigenvalue weighted by Gasteiger charge is -2.56. The number of amides is 5. The van der Waals surface area contributed by atoms with Crippen molar-refractivity contribution in [2.75, 3.05) is 91.6 Å². The number of rotatable bonds is 22. The van der Waals surface area contributed by atoms with Crippen LogP contribution >= 0.6 is 0 Å². The molecule has 10 aliphatic rings. The highest BCUT2D eigenvalue weighted by molar-refractivity contribution is 7.88. The molecule has 5 amide bonds. The van der Waals surface area contributed by atoms with Crippen molar-refractivity contribution in [3.8, 4) is 0 Å². The number of hydrogen-bond donors (Lipinski definition) is 4. The van der Waals surface area contributed by atoms with Crippen molar-refractivity contribution in [2.45, 2.75) is 317 Å². The second-order valence-electron chi connectivity index (χ2n) is 40.1. The van der Waals surface area contributed by atoms with E-state index in [1.807, 2.05) is 85.1 Å². The summed E-state index contributed by atoms with van der Waals surface area (Å²) in [6, 6.07) is 32.1. The zero-order chi connectivity index (χ0) is 91.4. The van der Waals surface area contributed by atoms with Crippen molar-refractivity contribution in [1.29, 1.82) is 0 Å². The van der Waals surface area contributed by atoms with Crippen LogP contribution in [-0.2, 0) is 64.5 Å². The summed E-state index contributed by atoms with van der Waals surface area (Å²) in [5.41, 5.74) is 0.737. The number of ether oxygens (including phenoxy) is 5. The predicted molar refractivity (Wildman–Crippen MR) is 495 cm³/mol. The quantitative estimate of drug-likeness (QED) is 0.0536. The molecular weight excluding hydrogens is 1710 g/mol. The van der Waals surface area contributed by atoms with E-state index in [9.17, 15) is 57.6 Å². The minimum Gasteiger partial charge on any atom is -0.444 e. The monoisotopic (exact) mass is 1860 g/mol. The topological polar surface area (TPSA) is 364 Å². The van der Waals surface area contributed by atoms with Crippen LogP contribution in [0.5, 0.6) is 0 Å². The predicted octanol–water partition coefficient (Wildman–Crippen LogP) is 14.3. The minimum atomic E-state index is -3.99. The lowest BCUT2D eigenvalue weighted by atomic mass is 9.82. The molecule has 0 bridgehead atoms. The number of nitrogens with zero attached hydrogens (tertiary/aromatic N) is 10. The van der Waals surface area contributed by atoms with E-state index in [0.29, 0.717) is 56.7 Å². The van der Waals surface area contributed by atoms with Gasteiger partial charge in [0.1, 0.15) is 28.0 Å². The summed E-state index contributed by atoms with van der Waals surface area (Å²) in [5, 5.41) is 5.31. The van der Waals surface area contributed by atoms with Crippen LogP contribution < -0.4 is 19.3 Å². The van der Waals surface area contributed by atoms with Crippen LogP contribution in [0.15, 0.2) is 103 Å². The molecule has 0 radical (unpaired) electrons. The molecule has 32 nitrogen and oxygen atoms in total. The molecule has 7 aliphatic heterocycles. The van der Waals surface area contributed by atoms with Crippen LogP contribution in [0.4, 0.5) is 24.0 Å². The van der Waals surface area contributed by atoms with Gasteiger partial charge in [-0.25, -0.2) is 48.1 Å². The van der Waals surface area contributed by atoms with E-state index in [-0.39, 0.29) is 88.3 Å². The van der Waals surface area contributed by atoms with Gasteiger partial charge in [-0.2, -0.15) is 50.9 Å². The standard InChI is InChI=1S/C29H46N4O6S.C25H39N3O4S.C24H38N4O4S.C10H15N3O4S.3CH4/c1-8-29(19-32(20-29)40(36,37)30-25(34)38-27(2,3)4)31-16-14-22(15-17-31)33(26(35)39-28(5,6)7)24-18-23(24)21-12-10-9-11-13-21;1-5-25(17-28(18-25)33(30,31)26-23(29)32-24(2,3)4)27-13-11-19(12-14-27)15-21-16-22(21)20-9-7-6-8-10-20;1-5-24(16-27(17-24)33(25,30)31)26-13-11-19(12-14-26)28(22(29)32-23(2,3)4)21-15-20(21)18-9-7-6-8-10-18;1-10(2,3)17-9(14)12-18(15,16)13-6-8(7-13)5-11-4;;;/h9-13,22-24H,8,14-20H2,1-7H3,(H,30,34);6-10,19,21-22H,5,11-18H2,1-4H3,(H,26,29);6-10,19-21H,5,11-17H2,1-4H3,(H2,25,30,31);5H,6-7H2,1-3H3,(H,12,14);3*1H4/t23?,24-;21-,22?;20?,21-;;;;/m111..../s1. The third-order valence-corrected chi connectivity index (χ3v) is 30.1. The summed E-state index contributed by atoms with van der Waals surface area (Å²) in [5.74, 6) is 3.01. The third kappa shape index (κ3) is 28.9. The SMILES string of the molecule is C.C.C.CCC1(N2CCC(C[C@@H]3CC3c3ccccc3)CC2)CN(S(=O)(=O)NC(=O)OC(C)(C)C)C1.CCC1(N2CCC(N(C(=O)OC(C)(C)C)[C@@H]3CC3c3ccccc3)CC2)CN(S(=O)(=O)NC(=O)OC(C)(C)C)C1.CCC1(N2CCC(N(C(=O)OC(C)(C)C)[C@@H]3CC3c3ccccc3)CC2)CN(S(N)(=O)=O)C1.[C-]#[N+]C=C1CN(S(=O)(=O)NC(=O)OC(C)(C)C)C1. The fourth-order valence-corrected chi connectivity index (χ4v) is 22.5. The maximum Gasteiger partial charge on any atom is 0.422 e. The van der Waals surface area contributed by atoms with Gasteiger partial charge in [0.15, 0.2) is 6.20 Å². The molecule has 3 saturated carbocycles. The number of carbonyl (C=O) groups is 5. The number of benzene rings is 3. The third-order valence-electron chi connectivity index (χ3n) is 25.0. The Labute approximate surface area is 760 Å². The Morgan fingerprint density at radius 1 is 0.433 bits per heavy atom. The molecule has 5 N–H and O–H groups in total. The Morgan fingerprint density at radius 3 is 1.00 bits per heavy atom. The first-order valence-electron chi connectivity index (χ1n) is 43.9. The van der Waals surface area contributed by atoms with Gasteiger partial charge in [0.2, 0.25) is 0 Å². The van der Waals surface area contributed by atoms with Crippen molar-refractivity contribution in [1.82, 2.24) is 55.9 Å².